The topological polar surface area (TPSA) is 78.9 Å². The first-order chi connectivity index (χ1) is 9.51. The smallest absolute Gasteiger partial charge is 0.257 e. The van der Waals surface area contributed by atoms with Crippen LogP contribution < -0.4 is 11.1 Å². The van der Waals surface area contributed by atoms with E-state index < -0.39 is 0 Å². The van der Waals surface area contributed by atoms with Crippen LogP contribution in [0.15, 0.2) is 40.9 Å². The summed E-state index contributed by atoms with van der Waals surface area (Å²) < 4.78 is 0.781. The van der Waals surface area contributed by atoms with Crippen molar-refractivity contribution < 1.29 is 4.79 Å². The highest BCUT2D eigenvalue weighted by atomic mass is 79.9. The van der Waals surface area contributed by atoms with E-state index >= 15 is 0 Å². The Morgan fingerprint density at radius 2 is 2.05 bits per heavy atom. The van der Waals surface area contributed by atoms with E-state index in [1.54, 1.807) is 30.3 Å². The van der Waals surface area contributed by atoms with E-state index in [-0.39, 0.29) is 5.91 Å². The van der Waals surface area contributed by atoms with Crippen molar-refractivity contribution in [2.45, 2.75) is 6.92 Å². The van der Waals surface area contributed by atoms with Crippen LogP contribution in [-0.2, 0) is 0 Å². The number of hydrogen-bond acceptors (Lipinski definition) is 3. The first kappa shape index (κ1) is 14.1. The predicted octanol–water partition coefficient (Wildman–Crippen LogP) is 3.46. The van der Waals surface area contributed by atoms with Crippen LogP contribution in [-0.4, -0.2) is 5.91 Å². The van der Waals surface area contributed by atoms with Gasteiger partial charge in [0.05, 0.1) is 16.8 Å². The fraction of sp³-hybridized carbons (Fsp3) is 0.0667. The molecule has 0 unspecified atom stereocenters. The molecule has 2 aromatic rings. The molecule has 100 valence electrons. The van der Waals surface area contributed by atoms with Gasteiger partial charge >= 0.3 is 0 Å². The largest absolute Gasteiger partial charge is 0.398 e. The van der Waals surface area contributed by atoms with E-state index in [0.717, 1.165) is 10.0 Å². The molecule has 0 saturated carbocycles. The van der Waals surface area contributed by atoms with Gasteiger partial charge in [0.25, 0.3) is 5.91 Å². The molecule has 0 spiro atoms. The number of nitrogens with zero attached hydrogens (tertiary/aromatic N) is 1. The summed E-state index contributed by atoms with van der Waals surface area (Å²) in [4.78, 5) is 12.3. The van der Waals surface area contributed by atoms with Gasteiger partial charge in [0.1, 0.15) is 6.07 Å². The molecular weight excluding hydrogens is 318 g/mol. The molecule has 5 heteroatoms. The molecule has 2 aromatic carbocycles. The third kappa shape index (κ3) is 2.98. The molecule has 20 heavy (non-hydrogen) atoms. The summed E-state index contributed by atoms with van der Waals surface area (Å²) in [5.41, 5.74) is 8.40. The minimum Gasteiger partial charge on any atom is -0.398 e. The van der Waals surface area contributed by atoms with Crippen molar-refractivity contribution >= 4 is 33.2 Å². The van der Waals surface area contributed by atoms with Crippen LogP contribution in [0, 0.1) is 18.3 Å². The summed E-state index contributed by atoms with van der Waals surface area (Å²) in [5, 5.41) is 11.8. The standard InChI is InChI=1S/C15H12BrN3O/c1-9-2-5-13(18)12(6-9)15(20)19-14-7-11(16)4-3-10(14)8-17/h2-7H,18H2,1H3,(H,19,20). The quantitative estimate of drug-likeness (QED) is 0.828. The molecule has 0 aliphatic rings. The maximum atomic E-state index is 12.3. The predicted molar refractivity (Wildman–Crippen MR) is 82.4 cm³/mol. The Morgan fingerprint density at radius 3 is 2.75 bits per heavy atom. The molecule has 0 aliphatic heterocycles. The van der Waals surface area contributed by atoms with Crippen molar-refractivity contribution in [3.8, 4) is 6.07 Å². The van der Waals surface area contributed by atoms with E-state index in [1.807, 2.05) is 19.1 Å². The Balaban J connectivity index is 2.35. The lowest BCUT2D eigenvalue weighted by molar-refractivity contribution is 0.102. The van der Waals surface area contributed by atoms with E-state index in [1.165, 1.54) is 0 Å². The second-order valence-corrected chi connectivity index (χ2v) is 5.26. The van der Waals surface area contributed by atoms with Crippen molar-refractivity contribution in [1.82, 2.24) is 0 Å². The summed E-state index contributed by atoms with van der Waals surface area (Å²) in [6.07, 6.45) is 0. The van der Waals surface area contributed by atoms with Crippen molar-refractivity contribution in [2.75, 3.05) is 11.1 Å². The monoisotopic (exact) mass is 329 g/mol. The summed E-state index contributed by atoms with van der Waals surface area (Å²) in [7, 11) is 0. The van der Waals surface area contributed by atoms with Crippen LogP contribution in [0.25, 0.3) is 0 Å². The number of carbonyl (C=O) groups is 1. The highest BCUT2D eigenvalue weighted by Crippen LogP contribution is 2.22. The zero-order chi connectivity index (χ0) is 14.7. The number of nitrogens with one attached hydrogen (secondary N) is 1. The molecule has 0 aromatic heterocycles. The van der Waals surface area contributed by atoms with Crippen molar-refractivity contribution in [2.24, 2.45) is 0 Å². The highest BCUT2D eigenvalue weighted by Gasteiger charge is 2.12. The molecule has 0 atom stereocenters. The fourth-order valence-electron chi connectivity index (χ4n) is 1.77. The molecule has 3 N–H and O–H groups in total. The molecule has 0 saturated heterocycles. The van der Waals surface area contributed by atoms with Crippen LogP contribution in [0.5, 0.6) is 0 Å². The van der Waals surface area contributed by atoms with Crippen LogP contribution in [0.2, 0.25) is 0 Å². The van der Waals surface area contributed by atoms with Gasteiger partial charge in [0, 0.05) is 10.2 Å². The number of hydrogen-bond donors (Lipinski definition) is 2. The number of halogens is 1. The van der Waals surface area contributed by atoms with Gasteiger partial charge in [-0.3, -0.25) is 4.79 Å². The van der Waals surface area contributed by atoms with Crippen LogP contribution in [0.1, 0.15) is 21.5 Å². The number of carbonyl (C=O) groups excluding carboxylic acids is 1. The third-order valence-electron chi connectivity index (χ3n) is 2.80. The van der Waals surface area contributed by atoms with Crippen LogP contribution in [0.3, 0.4) is 0 Å². The zero-order valence-electron chi connectivity index (χ0n) is 10.8. The SMILES string of the molecule is Cc1ccc(N)c(C(=O)Nc2cc(Br)ccc2C#N)c1. The van der Waals surface area contributed by atoms with Gasteiger partial charge in [-0.05, 0) is 37.3 Å². The highest BCUT2D eigenvalue weighted by molar-refractivity contribution is 9.10. The molecule has 0 bridgehead atoms. The second kappa shape index (κ2) is 5.76. The number of nitriles is 1. The normalized spacial score (nSPS) is 9.85. The first-order valence-corrected chi connectivity index (χ1v) is 6.67. The number of amides is 1. The average molecular weight is 330 g/mol. The maximum absolute atomic E-state index is 12.3. The third-order valence-corrected chi connectivity index (χ3v) is 3.30. The van der Waals surface area contributed by atoms with Crippen LogP contribution in [0.4, 0.5) is 11.4 Å². The molecule has 1 amide bonds. The minimum atomic E-state index is -0.333. The van der Waals surface area contributed by atoms with Gasteiger partial charge < -0.3 is 11.1 Å². The lowest BCUT2D eigenvalue weighted by Gasteiger charge is -2.10. The lowest BCUT2D eigenvalue weighted by Crippen LogP contribution is -2.15. The summed E-state index contributed by atoms with van der Waals surface area (Å²) >= 11 is 3.31. The summed E-state index contributed by atoms with van der Waals surface area (Å²) in [5.74, 6) is -0.333. The van der Waals surface area contributed by atoms with E-state index in [0.29, 0.717) is 22.5 Å². The van der Waals surface area contributed by atoms with Gasteiger partial charge in [-0.15, -0.1) is 0 Å². The molecule has 0 heterocycles. The number of benzene rings is 2. The maximum Gasteiger partial charge on any atom is 0.257 e. The first-order valence-electron chi connectivity index (χ1n) is 5.88. The van der Waals surface area contributed by atoms with E-state index in [9.17, 15) is 4.79 Å². The Bertz CT molecular complexity index is 720. The summed E-state index contributed by atoms with van der Waals surface area (Å²) in [6.45, 7) is 1.88. The number of aryl methyl sites for hydroxylation is 1. The Morgan fingerprint density at radius 1 is 1.30 bits per heavy atom. The number of nitrogens with two attached hydrogens (primary N) is 1. The average Bonchev–Trinajstić information content (AvgIpc) is 2.41. The van der Waals surface area contributed by atoms with Gasteiger partial charge in [0.2, 0.25) is 0 Å². The van der Waals surface area contributed by atoms with E-state index in [4.69, 9.17) is 11.0 Å². The number of anilines is 2. The molecule has 0 aliphatic carbocycles. The lowest BCUT2D eigenvalue weighted by atomic mass is 10.1. The van der Waals surface area contributed by atoms with E-state index in [2.05, 4.69) is 21.2 Å². The van der Waals surface area contributed by atoms with Gasteiger partial charge in [-0.1, -0.05) is 27.6 Å². The van der Waals surface area contributed by atoms with Crippen molar-refractivity contribution in [1.29, 1.82) is 5.26 Å². The fourth-order valence-corrected chi connectivity index (χ4v) is 2.13. The second-order valence-electron chi connectivity index (χ2n) is 4.35. The van der Waals surface area contributed by atoms with Crippen molar-refractivity contribution in [3.05, 3.63) is 57.6 Å². The molecule has 0 radical (unpaired) electrons. The Labute approximate surface area is 125 Å². The molecule has 2 rings (SSSR count). The Hall–Kier alpha value is -2.32. The number of nitrogen functional groups attached to an aromatic ring is 1. The van der Waals surface area contributed by atoms with Gasteiger partial charge in [0.15, 0.2) is 0 Å². The van der Waals surface area contributed by atoms with Crippen molar-refractivity contribution in [3.63, 3.8) is 0 Å². The van der Waals surface area contributed by atoms with Gasteiger partial charge in [-0.25, -0.2) is 0 Å². The Kier molecular flexibility index (Phi) is 4.06. The minimum absolute atomic E-state index is 0.333. The zero-order valence-corrected chi connectivity index (χ0v) is 12.4. The van der Waals surface area contributed by atoms with Crippen LogP contribution >= 0.6 is 15.9 Å². The molecule has 0 fully saturated rings. The number of rotatable bonds is 2. The summed E-state index contributed by atoms with van der Waals surface area (Å²) in [6, 6.07) is 12.4. The van der Waals surface area contributed by atoms with Gasteiger partial charge in [-0.2, -0.15) is 5.26 Å². The molecular formula is C15H12BrN3O. The molecule has 4 nitrogen and oxygen atoms in total.